The van der Waals surface area contributed by atoms with Crippen LogP contribution in [0.15, 0.2) is 60.7 Å². The Morgan fingerprint density at radius 1 is 0.857 bits per heavy atom. The second-order valence-electron chi connectivity index (χ2n) is 6.30. The third-order valence-corrected chi connectivity index (χ3v) is 4.52. The molecule has 1 aliphatic carbocycles. The molecule has 2 aromatic carbocycles. The van der Waals surface area contributed by atoms with Crippen molar-refractivity contribution >= 4 is 23.9 Å². The first-order chi connectivity index (χ1) is 13.4. The van der Waals surface area contributed by atoms with Gasteiger partial charge in [-0.15, -0.1) is 0 Å². The summed E-state index contributed by atoms with van der Waals surface area (Å²) < 4.78 is 10.2. The molecule has 0 radical (unpaired) electrons. The molecule has 28 heavy (non-hydrogen) atoms. The summed E-state index contributed by atoms with van der Waals surface area (Å²) in [6, 6.07) is 15.5. The largest absolute Gasteiger partial charge is 0.481 e. The molecule has 0 heterocycles. The molecule has 0 amide bonds. The molecule has 2 N–H and O–H groups in total. The Morgan fingerprint density at radius 3 is 1.82 bits per heavy atom. The van der Waals surface area contributed by atoms with Crippen LogP contribution in [0, 0.1) is 5.41 Å². The molecule has 0 bridgehead atoms. The number of esters is 2. The summed E-state index contributed by atoms with van der Waals surface area (Å²) in [6.45, 7) is 0. The van der Waals surface area contributed by atoms with Crippen LogP contribution in [0.1, 0.15) is 27.1 Å². The Kier molecular flexibility index (Phi) is 5.12. The van der Waals surface area contributed by atoms with Crippen LogP contribution in [0.25, 0.3) is 0 Å². The fraction of sp³-hybridized carbons (Fsp3) is 0.200. The van der Waals surface area contributed by atoms with Crippen LogP contribution < -0.4 is 0 Å². The average Bonchev–Trinajstić information content (AvgIpc) is 3.41. The summed E-state index contributed by atoms with van der Waals surface area (Å²) in [5.41, 5.74) is -1.77. The van der Waals surface area contributed by atoms with Crippen molar-refractivity contribution in [2.45, 2.75) is 18.6 Å². The molecule has 0 spiro atoms. The number of hydrogen-bond donors (Lipinski definition) is 2. The van der Waals surface area contributed by atoms with Crippen molar-refractivity contribution in [1.29, 1.82) is 0 Å². The highest BCUT2D eigenvalue weighted by atomic mass is 16.6. The van der Waals surface area contributed by atoms with Gasteiger partial charge in [-0.25, -0.2) is 14.4 Å². The topological polar surface area (TPSA) is 127 Å². The Labute approximate surface area is 159 Å². The number of benzene rings is 2. The van der Waals surface area contributed by atoms with E-state index in [2.05, 4.69) is 0 Å². The number of rotatable bonds is 7. The first kappa shape index (κ1) is 19.1. The molecule has 3 rings (SSSR count). The lowest BCUT2D eigenvalue weighted by Gasteiger charge is -2.21. The van der Waals surface area contributed by atoms with Gasteiger partial charge in [-0.2, -0.15) is 0 Å². The van der Waals surface area contributed by atoms with Gasteiger partial charge in [0.15, 0.2) is 5.41 Å². The lowest BCUT2D eigenvalue weighted by Crippen LogP contribution is -2.43. The maximum absolute atomic E-state index is 12.2. The summed E-state index contributed by atoms with van der Waals surface area (Å²) in [5.74, 6) is -4.92. The molecule has 144 valence electrons. The third-order valence-electron chi connectivity index (χ3n) is 4.52. The Bertz CT molecular complexity index is 908. The lowest BCUT2D eigenvalue weighted by molar-refractivity contribution is -0.164. The predicted molar refractivity (Wildman–Crippen MR) is 93.6 cm³/mol. The Balaban J connectivity index is 1.79. The normalized spacial score (nSPS) is 21.2. The first-order valence-electron chi connectivity index (χ1n) is 8.34. The number of carboxylic acid groups (broad SMARTS) is 2. The van der Waals surface area contributed by atoms with Gasteiger partial charge in [0.25, 0.3) is 0 Å². The van der Waals surface area contributed by atoms with E-state index in [9.17, 15) is 29.4 Å². The van der Waals surface area contributed by atoms with Gasteiger partial charge < -0.3 is 19.7 Å². The van der Waals surface area contributed by atoms with Gasteiger partial charge in [-0.1, -0.05) is 36.4 Å². The number of carbonyl (C=O) groups excluding carboxylic acids is 2. The van der Waals surface area contributed by atoms with Crippen LogP contribution in [-0.2, 0) is 19.1 Å². The molecular formula is C20H16O8. The van der Waals surface area contributed by atoms with E-state index in [0.29, 0.717) is 0 Å². The van der Waals surface area contributed by atoms with Crippen molar-refractivity contribution in [2.24, 2.45) is 5.41 Å². The van der Waals surface area contributed by atoms with Crippen LogP contribution in [0.4, 0.5) is 0 Å². The zero-order chi connectivity index (χ0) is 20.3. The zero-order valence-electron chi connectivity index (χ0n) is 14.5. The molecule has 1 saturated carbocycles. The highest BCUT2D eigenvalue weighted by molar-refractivity contribution is 5.95. The van der Waals surface area contributed by atoms with Crippen molar-refractivity contribution in [3.63, 3.8) is 0 Å². The zero-order valence-corrected chi connectivity index (χ0v) is 14.5. The van der Waals surface area contributed by atoms with Crippen molar-refractivity contribution in [2.75, 3.05) is 0 Å². The van der Waals surface area contributed by atoms with E-state index in [0.717, 1.165) is 0 Å². The summed E-state index contributed by atoms with van der Waals surface area (Å²) in [6.07, 6.45) is -3.52. The average molecular weight is 384 g/mol. The monoisotopic (exact) mass is 384 g/mol. The van der Waals surface area contributed by atoms with Crippen molar-refractivity contribution < 1.29 is 38.9 Å². The highest BCUT2D eigenvalue weighted by Gasteiger charge is 2.72. The van der Waals surface area contributed by atoms with Crippen LogP contribution in [0.5, 0.6) is 0 Å². The SMILES string of the molecule is O=C(OC1CC1(C(=O)O)[C@H](OC(=O)c1ccccc1)C(=O)O)c1ccccc1. The molecule has 0 saturated heterocycles. The third kappa shape index (κ3) is 3.57. The van der Waals surface area contributed by atoms with Crippen LogP contribution >= 0.6 is 0 Å². The standard InChI is InChI=1S/C20H16O8/c21-16(22)15(28-18(24)13-9-5-2-6-10-13)20(19(25)26)11-14(20)27-17(23)12-7-3-1-4-8-12/h1-10,14-15H,11H2,(H,21,22)(H,25,26)/t14?,15-,20?/m1/s1. The first-order valence-corrected chi connectivity index (χ1v) is 8.34. The Hall–Kier alpha value is -3.68. The molecular weight excluding hydrogens is 368 g/mol. The van der Waals surface area contributed by atoms with E-state index < -0.39 is 41.5 Å². The van der Waals surface area contributed by atoms with Crippen molar-refractivity contribution in [3.8, 4) is 0 Å². The van der Waals surface area contributed by atoms with Gasteiger partial charge in [0.05, 0.1) is 11.1 Å². The maximum atomic E-state index is 12.2. The second-order valence-corrected chi connectivity index (χ2v) is 6.30. The number of aliphatic carboxylic acids is 2. The molecule has 1 aliphatic rings. The van der Waals surface area contributed by atoms with Gasteiger partial charge in [0.2, 0.25) is 6.10 Å². The van der Waals surface area contributed by atoms with E-state index in [4.69, 9.17) is 9.47 Å². The second kappa shape index (κ2) is 7.51. The fourth-order valence-corrected chi connectivity index (χ4v) is 2.90. The maximum Gasteiger partial charge on any atom is 0.346 e. The van der Waals surface area contributed by atoms with E-state index in [-0.39, 0.29) is 17.5 Å². The van der Waals surface area contributed by atoms with Crippen LogP contribution in [-0.4, -0.2) is 46.3 Å². The van der Waals surface area contributed by atoms with Gasteiger partial charge in [-0.3, -0.25) is 4.79 Å². The smallest absolute Gasteiger partial charge is 0.346 e. The fourth-order valence-electron chi connectivity index (χ4n) is 2.90. The predicted octanol–water partition coefficient (Wildman–Crippen LogP) is 2.00. The van der Waals surface area contributed by atoms with Gasteiger partial charge in [0.1, 0.15) is 6.10 Å². The van der Waals surface area contributed by atoms with Gasteiger partial charge in [0, 0.05) is 6.42 Å². The minimum atomic E-state index is -2.04. The molecule has 3 atom stereocenters. The van der Waals surface area contributed by atoms with E-state index >= 15 is 0 Å². The minimum absolute atomic E-state index is 0.0766. The highest BCUT2D eigenvalue weighted by Crippen LogP contribution is 2.53. The van der Waals surface area contributed by atoms with E-state index in [1.54, 1.807) is 36.4 Å². The van der Waals surface area contributed by atoms with E-state index in [1.807, 2.05) is 0 Å². The number of carboxylic acids is 2. The molecule has 2 unspecified atom stereocenters. The molecule has 0 aromatic heterocycles. The van der Waals surface area contributed by atoms with Gasteiger partial charge >= 0.3 is 23.9 Å². The molecule has 0 aliphatic heterocycles. The molecule has 8 nitrogen and oxygen atoms in total. The summed E-state index contributed by atoms with van der Waals surface area (Å²) >= 11 is 0. The van der Waals surface area contributed by atoms with Crippen LogP contribution in [0.3, 0.4) is 0 Å². The van der Waals surface area contributed by atoms with Crippen molar-refractivity contribution in [1.82, 2.24) is 0 Å². The summed E-state index contributed by atoms with van der Waals surface area (Å²) in [7, 11) is 0. The van der Waals surface area contributed by atoms with E-state index in [1.165, 1.54) is 24.3 Å². The van der Waals surface area contributed by atoms with Crippen molar-refractivity contribution in [3.05, 3.63) is 71.8 Å². The number of hydrogen-bond acceptors (Lipinski definition) is 6. The quantitative estimate of drug-likeness (QED) is 0.694. The molecule has 2 aromatic rings. The summed E-state index contributed by atoms with van der Waals surface area (Å²) in [5, 5.41) is 19.1. The summed E-state index contributed by atoms with van der Waals surface area (Å²) in [4.78, 5) is 47.9. The van der Waals surface area contributed by atoms with Gasteiger partial charge in [-0.05, 0) is 24.3 Å². The molecule has 8 heteroatoms. The number of carbonyl (C=O) groups is 4. The van der Waals surface area contributed by atoms with Crippen LogP contribution in [0.2, 0.25) is 0 Å². The molecule has 1 fully saturated rings. The lowest BCUT2D eigenvalue weighted by atomic mass is 9.98. The minimum Gasteiger partial charge on any atom is -0.481 e. The number of ether oxygens (including phenoxy) is 2. The Morgan fingerprint density at radius 2 is 1.36 bits per heavy atom.